The van der Waals surface area contributed by atoms with Crippen LogP contribution in [0.25, 0.3) is 0 Å². The van der Waals surface area contributed by atoms with Crippen molar-refractivity contribution < 1.29 is 4.79 Å². The van der Waals surface area contributed by atoms with Gasteiger partial charge in [-0.25, -0.2) is 9.97 Å². The largest absolute Gasteiger partial charge is 0.324 e. The molecule has 2 aromatic rings. The average Bonchev–Trinajstić information content (AvgIpc) is 2.47. The third-order valence-electron chi connectivity index (χ3n) is 2.38. The SMILES string of the molecule is CCC(Sc1ncccn1)C(=O)Nc1cccnc1. The van der Waals surface area contributed by atoms with Crippen molar-refractivity contribution in [2.45, 2.75) is 23.8 Å². The zero-order valence-corrected chi connectivity index (χ0v) is 11.3. The van der Waals surface area contributed by atoms with Gasteiger partial charge in [-0.2, -0.15) is 0 Å². The van der Waals surface area contributed by atoms with Crippen LogP contribution in [0.4, 0.5) is 5.69 Å². The number of hydrogen-bond acceptors (Lipinski definition) is 5. The molecule has 0 radical (unpaired) electrons. The van der Waals surface area contributed by atoms with E-state index >= 15 is 0 Å². The first-order valence-electron chi connectivity index (χ1n) is 5.94. The Morgan fingerprint density at radius 1 is 1.32 bits per heavy atom. The Morgan fingerprint density at radius 3 is 2.74 bits per heavy atom. The molecular weight excluding hydrogens is 260 g/mol. The van der Waals surface area contributed by atoms with Crippen molar-refractivity contribution in [3.8, 4) is 0 Å². The normalized spacial score (nSPS) is 11.8. The summed E-state index contributed by atoms with van der Waals surface area (Å²) in [4.78, 5) is 24.3. The van der Waals surface area contributed by atoms with Crippen molar-refractivity contribution >= 4 is 23.4 Å². The summed E-state index contributed by atoms with van der Waals surface area (Å²) in [5.74, 6) is -0.0621. The molecule has 0 aliphatic carbocycles. The van der Waals surface area contributed by atoms with Gasteiger partial charge < -0.3 is 5.32 Å². The van der Waals surface area contributed by atoms with E-state index in [-0.39, 0.29) is 11.2 Å². The molecule has 0 aliphatic rings. The summed E-state index contributed by atoms with van der Waals surface area (Å²) in [5, 5.41) is 3.22. The highest BCUT2D eigenvalue weighted by Crippen LogP contribution is 2.22. The Morgan fingerprint density at radius 2 is 2.11 bits per heavy atom. The summed E-state index contributed by atoms with van der Waals surface area (Å²) in [6.07, 6.45) is 7.32. The van der Waals surface area contributed by atoms with Gasteiger partial charge in [0.1, 0.15) is 0 Å². The summed E-state index contributed by atoms with van der Waals surface area (Å²) in [6, 6.07) is 5.34. The summed E-state index contributed by atoms with van der Waals surface area (Å²) in [7, 11) is 0. The molecule has 0 bridgehead atoms. The predicted octanol–water partition coefficient (Wildman–Crippen LogP) is 2.38. The number of carbonyl (C=O) groups excluding carboxylic acids is 1. The number of aromatic nitrogens is 3. The van der Waals surface area contributed by atoms with Crippen LogP contribution in [0.2, 0.25) is 0 Å². The van der Waals surface area contributed by atoms with Crippen LogP contribution in [0.5, 0.6) is 0 Å². The van der Waals surface area contributed by atoms with Gasteiger partial charge in [0.05, 0.1) is 17.1 Å². The quantitative estimate of drug-likeness (QED) is 0.669. The lowest BCUT2D eigenvalue weighted by Gasteiger charge is -2.13. The predicted molar refractivity (Wildman–Crippen MR) is 74.8 cm³/mol. The molecule has 1 amide bonds. The van der Waals surface area contributed by atoms with Crippen LogP contribution in [0.1, 0.15) is 13.3 Å². The van der Waals surface area contributed by atoms with Crippen LogP contribution in [0, 0.1) is 0 Å². The molecule has 2 rings (SSSR count). The topological polar surface area (TPSA) is 67.8 Å². The minimum absolute atomic E-state index is 0.0621. The van der Waals surface area contributed by atoms with Gasteiger partial charge in [0.25, 0.3) is 0 Å². The van der Waals surface area contributed by atoms with Crippen molar-refractivity contribution in [2.75, 3.05) is 5.32 Å². The Hall–Kier alpha value is -1.95. The third-order valence-corrected chi connectivity index (χ3v) is 3.64. The molecular formula is C13H14N4OS. The summed E-state index contributed by atoms with van der Waals surface area (Å²) >= 11 is 1.36. The van der Waals surface area contributed by atoms with E-state index in [2.05, 4.69) is 20.3 Å². The number of rotatable bonds is 5. The van der Waals surface area contributed by atoms with Gasteiger partial charge in [0.2, 0.25) is 5.91 Å². The number of anilines is 1. The van der Waals surface area contributed by atoms with E-state index in [1.54, 1.807) is 43.0 Å². The fourth-order valence-corrected chi connectivity index (χ4v) is 2.29. The zero-order chi connectivity index (χ0) is 13.5. The number of carbonyl (C=O) groups is 1. The van der Waals surface area contributed by atoms with Crippen LogP contribution in [0.15, 0.2) is 48.1 Å². The van der Waals surface area contributed by atoms with E-state index in [0.717, 1.165) is 0 Å². The van der Waals surface area contributed by atoms with Crippen molar-refractivity contribution in [1.29, 1.82) is 0 Å². The number of hydrogen-bond donors (Lipinski definition) is 1. The van der Waals surface area contributed by atoms with Crippen molar-refractivity contribution in [2.24, 2.45) is 0 Å². The van der Waals surface area contributed by atoms with Gasteiger partial charge >= 0.3 is 0 Å². The van der Waals surface area contributed by atoms with Gasteiger partial charge in [-0.3, -0.25) is 9.78 Å². The van der Waals surface area contributed by atoms with Gasteiger partial charge in [-0.15, -0.1) is 0 Å². The zero-order valence-electron chi connectivity index (χ0n) is 10.5. The highest BCUT2D eigenvalue weighted by atomic mass is 32.2. The molecule has 0 saturated carbocycles. The number of nitrogens with zero attached hydrogens (tertiary/aromatic N) is 3. The molecule has 1 unspecified atom stereocenters. The van der Waals surface area contributed by atoms with E-state index in [0.29, 0.717) is 17.3 Å². The first kappa shape index (κ1) is 13.5. The molecule has 1 N–H and O–H groups in total. The van der Waals surface area contributed by atoms with Crippen LogP contribution in [-0.4, -0.2) is 26.1 Å². The first-order valence-corrected chi connectivity index (χ1v) is 6.82. The summed E-state index contributed by atoms with van der Waals surface area (Å²) < 4.78 is 0. The van der Waals surface area contributed by atoms with Crippen LogP contribution >= 0.6 is 11.8 Å². The number of pyridine rings is 1. The van der Waals surface area contributed by atoms with Crippen molar-refractivity contribution in [3.05, 3.63) is 43.0 Å². The second kappa shape index (κ2) is 6.84. The Kier molecular flexibility index (Phi) is 4.85. The van der Waals surface area contributed by atoms with Crippen LogP contribution < -0.4 is 5.32 Å². The molecule has 1 atom stereocenters. The fraction of sp³-hybridized carbons (Fsp3) is 0.231. The molecule has 98 valence electrons. The lowest BCUT2D eigenvalue weighted by molar-refractivity contribution is -0.115. The van der Waals surface area contributed by atoms with E-state index in [4.69, 9.17) is 0 Å². The average molecular weight is 274 g/mol. The Bertz CT molecular complexity index is 521. The van der Waals surface area contributed by atoms with Crippen LogP contribution in [0.3, 0.4) is 0 Å². The lowest BCUT2D eigenvalue weighted by atomic mass is 10.3. The monoisotopic (exact) mass is 274 g/mol. The third kappa shape index (κ3) is 4.03. The molecule has 19 heavy (non-hydrogen) atoms. The maximum absolute atomic E-state index is 12.1. The molecule has 2 aromatic heterocycles. The highest BCUT2D eigenvalue weighted by Gasteiger charge is 2.19. The van der Waals surface area contributed by atoms with E-state index in [9.17, 15) is 4.79 Å². The molecule has 2 heterocycles. The maximum Gasteiger partial charge on any atom is 0.238 e. The molecule has 0 saturated heterocycles. The van der Waals surface area contributed by atoms with Gasteiger partial charge in [0, 0.05) is 18.6 Å². The standard InChI is InChI=1S/C13H14N4OS/c1-2-11(19-13-15-7-4-8-16-13)12(18)17-10-5-3-6-14-9-10/h3-9,11H,2H2,1H3,(H,17,18). The van der Waals surface area contributed by atoms with Crippen LogP contribution in [-0.2, 0) is 4.79 Å². The van der Waals surface area contributed by atoms with E-state index in [1.807, 2.05) is 6.92 Å². The Labute approximate surface area is 115 Å². The maximum atomic E-state index is 12.1. The lowest BCUT2D eigenvalue weighted by Crippen LogP contribution is -2.24. The highest BCUT2D eigenvalue weighted by molar-refractivity contribution is 8.00. The van der Waals surface area contributed by atoms with Gasteiger partial charge in [0.15, 0.2) is 5.16 Å². The van der Waals surface area contributed by atoms with Gasteiger partial charge in [-0.1, -0.05) is 18.7 Å². The van der Waals surface area contributed by atoms with E-state index in [1.165, 1.54) is 11.8 Å². The molecule has 5 nitrogen and oxygen atoms in total. The number of nitrogens with one attached hydrogen (secondary N) is 1. The number of amides is 1. The van der Waals surface area contributed by atoms with E-state index < -0.39 is 0 Å². The smallest absolute Gasteiger partial charge is 0.238 e. The second-order valence-electron chi connectivity index (χ2n) is 3.78. The fourth-order valence-electron chi connectivity index (χ4n) is 1.46. The molecule has 0 spiro atoms. The molecule has 0 fully saturated rings. The minimum Gasteiger partial charge on any atom is -0.324 e. The number of thioether (sulfide) groups is 1. The molecule has 6 heteroatoms. The molecule has 0 aliphatic heterocycles. The minimum atomic E-state index is -0.220. The Balaban J connectivity index is 2.00. The second-order valence-corrected chi connectivity index (χ2v) is 4.95. The van der Waals surface area contributed by atoms with Crippen molar-refractivity contribution in [3.63, 3.8) is 0 Å². The first-order chi connectivity index (χ1) is 9.29. The van der Waals surface area contributed by atoms with Crippen molar-refractivity contribution in [1.82, 2.24) is 15.0 Å². The van der Waals surface area contributed by atoms with Gasteiger partial charge in [-0.05, 0) is 24.6 Å². The summed E-state index contributed by atoms with van der Waals surface area (Å²) in [5.41, 5.74) is 0.695. The summed E-state index contributed by atoms with van der Waals surface area (Å²) in [6.45, 7) is 1.96. The molecule has 0 aromatic carbocycles.